The number of hydrogen-bond donors (Lipinski definition) is 0. The summed E-state index contributed by atoms with van der Waals surface area (Å²) < 4.78 is 3.07. The second-order valence-electron chi connectivity index (χ2n) is 6.65. The molecule has 2 aromatic rings. The zero-order valence-corrected chi connectivity index (χ0v) is 13.9. The van der Waals surface area contributed by atoms with Crippen LogP contribution in [-0.2, 0) is 6.54 Å². The van der Waals surface area contributed by atoms with Gasteiger partial charge in [0, 0.05) is 18.9 Å². The van der Waals surface area contributed by atoms with Crippen LogP contribution in [-0.4, -0.2) is 9.13 Å². The van der Waals surface area contributed by atoms with Gasteiger partial charge in [-0.2, -0.15) is 0 Å². The maximum Gasteiger partial charge on any atom is 0.320 e. The average molecular weight is 312 g/mol. The monoisotopic (exact) mass is 312 g/mol. The molecular weight excluding hydrogens is 288 g/mol. The maximum absolute atomic E-state index is 12.5. The van der Waals surface area contributed by atoms with Gasteiger partial charge in [-0.05, 0) is 49.8 Å². The molecule has 0 radical (unpaired) electrons. The molecule has 4 nitrogen and oxygen atoms in total. The fraction of sp³-hybridized carbons (Fsp3) is 0.474. The molecule has 1 aliphatic carbocycles. The minimum Gasteiger partial charge on any atom is -0.309 e. The quantitative estimate of drug-likeness (QED) is 0.817. The second kappa shape index (κ2) is 6.57. The Hall–Kier alpha value is -2.10. The summed E-state index contributed by atoms with van der Waals surface area (Å²) in [6.45, 7) is 4.65. The van der Waals surface area contributed by atoms with E-state index < -0.39 is 11.1 Å². The zero-order chi connectivity index (χ0) is 16.4. The van der Waals surface area contributed by atoms with Gasteiger partial charge < -0.3 is 4.57 Å². The van der Waals surface area contributed by atoms with Gasteiger partial charge in [0.2, 0.25) is 0 Å². The summed E-state index contributed by atoms with van der Waals surface area (Å²) in [6, 6.07) is 5.81. The Balaban J connectivity index is 1.96. The molecule has 0 bridgehead atoms. The molecule has 0 saturated heterocycles. The molecule has 23 heavy (non-hydrogen) atoms. The van der Waals surface area contributed by atoms with Crippen LogP contribution in [0.25, 0.3) is 5.69 Å². The maximum atomic E-state index is 12.5. The summed E-state index contributed by atoms with van der Waals surface area (Å²) in [5.41, 5.74) is 2.05. The third-order valence-electron chi connectivity index (χ3n) is 5.07. The summed E-state index contributed by atoms with van der Waals surface area (Å²) in [7, 11) is 0. The molecule has 1 aromatic carbocycles. The molecule has 4 heteroatoms. The van der Waals surface area contributed by atoms with Crippen LogP contribution in [0.3, 0.4) is 0 Å². The van der Waals surface area contributed by atoms with Gasteiger partial charge in [-0.1, -0.05) is 31.4 Å². The van der Waals surface area contributed by atoms with Crippen molar-refractivity contribution in [1.82, 2.24) is 9.13 Å². The Labute approximate surface area is 136 Å². The largest absolute Gasteiger partial charge is 0.320 e. The van der Waals surface area contributed by atoms with Crippen molar-refractivity contribution in [2.45, 2.75) is 52.5 Å². The molecular formula is C19H24N2O2. The van der Waals surface area contributed by atoms with E-state index in [-0.39, 0.29) is 0 Å². The topological polar surface area (TPSA) is 44.0 Å². The third kappa shape index (κ3) is 3.16. The van der Waals surface area contributed by atoms with E-state index in [1.54, 1.807) is 17.0 Å². The van der Waals surface area contributed by atoms with Crippen molar-refractivity contribution in [2.24, 2.45) is 5.92 Å². The molecule has 1 aliphatic rings. The smallest absolute Gasteiger partial charge is 0.309 e. The molecule has 0 amide bonds. The SMILES string of the molecule is Cc1cccc(-n2ccn(CC3CCCCC3)c(=O)c2=O)c1C. The normalized spacial score (nSPS) is 15.7. The molecule has 3 rings (SSSR count). The van der Waals surface area contributed by atoms with E-state index in [0.29, 0.717) is 12.5 Å². The molecule has 0 aliphatic heterocycles. The second-order valence-corrected chi connectivity index (χ2v) is 6.65. The van der Waals surface area contributed by atoms with Crippen molar-refractivity contribution in [1.29, 1.82) is 0 Å². The van der Waals surface area contributed by atoms with E-state index in [1.165, 1.54) is 23.8 Å². The lowest BCUT2D eigenvalue weighted by Crippen LogP contribution is -2.41. The van der Waals surface area contributed by atoms with E-state index in [1.807, 2.05) is 32.0 Å². The highest BCUT2D eigenvalue weighted by Gasteiger charge is 2.16. The van der Waals surface area contributed by atoms with Crippen LogP contribution < -0.4 is 11.1 Å². The zero-order valence-electron chi connectivity index (χ0n) is 13.9. The number of rotatable bonds is 3. The van der Waals surface area contributed by atoms with E-state index >= 15 is 0 Å². The first-order chi connectivity index (χ1) is 11.1. The number of aryl methyl sites for hydroxylation is 1. The number of hydrogen-bond acceptors (Lipinski definition) is 2. The summed E-state index contributed by atoms with van der Waals surface area (Å²) in [5.74, 6) is 0.525. The van der Waals surface area contributed by atoms with Crippen molar-refractivity contribution < 1.29 is 0 Å². The lowest BCUT2D eigenvalue weighted by molar-refractivity contribution is 0.315. The van der Waals surface area contributed by atoms with Crippen LogP contribution in [0.2, 0.25) is 0 Å². The van der Waals surface area contributed by atoms with Crippen LogP contribution in [0.15, 0.2) is 40.2 Å². The van der Waals surface area contributed by atoms with Crippen molar-refractivity contribution in [3.8, 4) is 5.69 Å². The van der Waals surface area contributed by atoms with E-state index in [0.717, 1.165) is 29.7 Å². The summed E-state index contributed by atoms with van der Waals surface area (Å²) in [6.07, 6.45) is 9.57. The van der Waals surface area contributed by atoms with Crippen molar-refractivity contribution in [3.05, 3.63) is 62.4 Å². The highest BCUT2D eigenvalue weighted by molar-refractivity contribution is 5.44. The molecule has 1 heterocycles. The first-order valence-corrected chi connectivity index (χ1v) is 8.46. The van der Waals surface area contributed by atoms with Crippen molar-refractivity contribution in [2.75, 3.05) is 0 Å². The summed E-state index contributed by atoms with van der Waals surface area (Å²) in [4.78, 5) is 25.0. The Morgan fingerprint density at radius 1 is 1.00 bits per heavy atom. The van der Waals surface area contributed by atoms with Crippen LogP contribution in [0, 0.1) is 19.8 Å². The number of benzene rings is 1. The van der Waals surface area contributed by atoms with Gasteiger partial charge in [0.15, 0.2) is 0 Å². The standard InChI is InChI=1S/C19H24N2O2/c1-14-7-6-10-17(15(14)2)21-12-11-20(18(22)19(21)23)13-16-8-4-3-5-9-16/h6-7,10-12,16H,3-5,8-9,13H2,1-2H3. The first-order valence-electron chi connectivity index (χ1n) is 8.46. The Kier molecular flexibility index (Phi) is 4.51. The van der Waals surface area contributed by atoms with Gasteiger partial charge in [0.25, 0.3) is 0 Å². The van der Waals surface area contributed by atoms with Gasteiger partial charge in [-0.15, -0.1) is 0 Å². The van der Waals surface area contributed by atoms with Gasteiger partial charge in [0.05, 0.1) is 5.69 Å². The lowest BCUT2D eigenvalue weighted by Gasteiger charge is -2.22. The molecule has 0 N–H and O–H groups in total. The van der Waals surface area contributed by atoms with E-state index in [9.17, 15) is 9.59 Å². The Morgan fingerprint density at radius 3 is 2.48 bits per heavy atom. The minimum absolute atomic E-state index is 0.418. The Morgan fingerprint density at radius 2 is 1.74 bits per heavy atom. The molecule has 122 valence electrons. The molecule has 0 atom stereocenters. The first kappa shape index (κ1) is 15.8. The summed E-state index contributed by atoms with van der Waals surface area (Å²) in [5, 5.41) is 0. The van der Waals surface area contributed by atoms with E-state index in [4.69, 9.17) is 0 Å². The predicted molar refractivity (Wildman–Crippen MR) is 92.3 cm³/mol. The third-order valence-corrected chi connectivity index (χ3v) is 5.07. The molecule has 1 fully saturated rings. The fourth-order valence-electron chi connectivity index (χ4n) is 3.49. The summed E-state index contributed by atoms with van der Waals surface area (Å²) >= 11 is 0. The van der Waals surface area contributed by atoms with Gasteiger partial charge in [-0.3, -0.25) is 14.2 Å². The van der Waals surface area contributed by atoms with Gasteiger partial charge >= 0.3 is 11.1 Å². The average Bonchev–Trinajstić information content (AvgIpc) is 2.56. The van der Waals surface area contributed by atoms with Crippen LogP contribution in [0.5, 0.6) is 0 Å². The predicted octanol–water partition coefficient (Wildman–Crippen LogP) is 3.20. The van der Waals surface area contributed by atoms with Crippen LogP contribution >= 0.6 is 0 Å². The van der Waals surface area contributed by atoms with Gasteiger partial charge in [-0.25, -0.2) is 0 Å². The fourth-order valence-corrected chi connectivity index (χ4v) is 3.49. The molecule has 0 unspecified atom stereocenters. The molecule has 1 saturated carbocycles. The minimum atomic E-state index is -0.461. The Bertz CT molecular complexity index is 811. The molecule has 0 spiro atoms. The van der Waals surface area contributed by atoms with E-state index in [2.05, 4.69) is 0 Å². The lowest BCUT2D eigenvalue weighted by atomic mass is 9.89. The van der Waals surface area contributed by atoms with Crippen molar-refractivity contribution >= 4 is 0 Å². The highest BCUT2D eigenvalue weighted by Crippen LogP contribution is 2.24. The number of nitrogens with zero attached hydrogens (tertiary/aromatic N) is 2. The van der Waals surface area contributed by atoms with Crippen LogP contribution in [0.1, 0.15) is 43.2 Å². The van der Waals surface area contributed by atoms with Crippen LogP contribution in [0.4, 0.5) is 0 Å². The van der Waals surface area contributed by atoms with Gasteiger partial charge in [0.1, 0.15) is 0 Å². The number of aromatic nitrogens is 2. The molecule has 1 aromatic heterocycles. The highest BCUT2D eigenvalue weighted by atomic mass is 16.2. The van der Waals surface area contributed by atoms with Crippen molar-refractivity contribution in [3.63, 3.8) is 0 Å².